The van der Waals surface area contributed by atoms with E-state index in [0.717, 1.165) is 0 Å². The average Bonchev–Trinajstić information content (AvgIpc) is 1.90. The third kappa shape index (κ3) is 5.46. The molecule has 0 saturated carbocycles. The monoisotopic (exact) mass is 255 g/mol. The summed E-state index contributed by atoms with van der Waals surface area (Å²) in [6.45, 7) is 7.98. The van der Waals surface area contributed by atoms with Gasteiger partial charge < -0.3 is 0 Å². The molecule has 0 aliphatic rings. The van der Waals surface area contributed by atoms with E-state index in [1.807, 2.05) is 20.8 Å². The van der Waals surface area contributed by atoms with Gasteiger partial charge in [0.05, 0.1) is 0 Å². The van der Waals surface area contributed by atoms with Crippen molar-refractivity contribution in [2.24, 2.45) is 0 Å². The number of hydrogen-bond donors (Lipinski definition) is 0. The van der Waals surface area contributed by atoms with Crippen LogP contribution in [0.1, 0.15) is 20.8 Å². The molecule has 4 heteroatoms. The van der Waals surface area contributed by atoms with Crippen LogP contribution in [-0.4, -0.2) is 40.8 Å². The fourth-order valence-corrected chi connectivity index (χ4v) is 3.21. The first-order valence-electron chi connectivity index (χ1n) is 3.60. The molecule has 10 heavy (non-hydrogen) atoms. The molecule has 0 saturated heterocycles. The summed E-state index contributed by atoms with van der Waals surface area (Å²) in [5.41, 5.74) is 0. The molecule has 0 amide bonds. The number of rotatable bonds is 6. The minimum absolute atomic E-state index is 0.703. The van der Waals surface area contributed by atoms with Crippen LogP contribution in [-0.2, 0) is 9.22 Å². The van der Waals surface area contributed by atoms with E-state index in [2.05, 4.69) is 0 Å². The molecule has 0 spiro atoms. The fourth-order valence-electron chi connectivity index (χ4n) is 0.479. The van der Waals surface area contributed by atoms with Crippen LogP contribution in [0.2, 0.25) is 0 Å². The molecule has 0 fully saturated rings. The molecule has 3 nitrogen and oxygen atoms in total. The maximum atomic E-state index is 5.28. The Morgan fingerprint density at radius 2 is 1.10 bits per heavy atom. The summed E-state index contributed by atoms with van der Waals surface area (Å²) in [5, 5.41) is 0. The molecule has 0 aliphatic heterocycles. The average molecular weight is 254 g/mol. The van der Waals surface area contributed by atoms with Crippen LogP contribution in [0.4, 0.5) is 0 Å². The predicted molar refractivity (Wildman–Crippen MR) is 40.6 cm³/mol. The third-order valence-electron chi connectivity index (χ3n) is 0.787. The van der Waals surface area contributed by atoms with Gasteiger partial charge in [-0.05, 0) is 0 Å². The number of hydrogen-bond acceptors (Lipinski definition) is 3. The summed E-state index contributed by atoms with van der Waals surface area (Å²) in [6, 6.07) is 0. The predicted octanol–water partition coefficient (Wildman–Crippen LogP) is 1.08. The van der Waals surface area contributed by atoms with Crippen LogP contribution in [0.5, 0.6) is 0 Å². The molecule has 0 heterocycles. The van der Waals surface area contributed by atoms with E-state index < -0.39 is 21.0 Å². The van der Waals surface area contributed by atoms with Crippen molar-refractivity contribution in [3.63, 3.8) is 0 Å². The molecule has 0 aromatic rings. The zero-order chi connectivity index (χ0) is 7.82. The zero-order valence-corrected chi connectivity index (χ0v) is 9.70. The van der Waals surface area contributed by atoms with Crippen LogP contribution in [0.15, 0.2) is 0 Å². The Morgan fingerprint density at radius 1 is 0.800 bits per heavy atom. The summed E-state index contributed by atoms with van der Waals surface area (Å²) in [4.78, 5) is 0. The molecule has 0 aromatic carbocycles. The third-order valence-corrected chi connectivity index (χ3v) is 5.28. The van der Waals surface area contributed by atoms with Crippen molar-refractivity contribution >= 4 is 21.0 Å². The van der Waals surface area contributed by atoms with E-state index in [0.29, 0.717) is 19.8 Å². The molecular weight excluding hydrogens is 239 g/mol. The van der Waals surface area contributed by atoms with Gasteiger partial charge in [0.25, 0.3) is 0 Å². The molecule has 0 bridgehead atoms. The van der Waals surface area contributed by atoms with Gasteiger partial charge in [0.2, 0.25) is 0 Å². The van der Waals surface area contributed by atoms with Gasteiger partial charge in [0.15, 0.2) is 0 Å². The van der Waals surface area contributed by atoms with Gasteiger partial charge in [-0.25, -0.2) is 0 Å². The van der Waals surface area contributed by atoms with Crippen molar-refractivity contribution in [2.75, 3.05) is 19.8 Å². The summed E-state index contributed by atoms with van der Waals surface area (Å²) >= 11 is -2.26. The molecule has 0 aromatic heterocycles. The van der Waals surface area contributed by atoms with Gasteiger partial charge in [-0.2, -0.15) is 0 Å². The van der Waals surface area contributed by atoms with Gasteiger partial charge in [-0.3, -0.25) is 0 Å². The second-order valence-electron chi connectivity index (χ2n) is 1.55. The van der Waals surface area contributed by atoms with Crippen LogP contribution in [0, 0.1) is 0 Å². The van der Waals surface area contributed by atoms with Crippen molar-refractivity contribution in [1.82, 2.24) is 0 Å². The van der Waals surface area contributed by atoms with E-state index in [1.165, 1.54) is 0 Å². The SMILES string of the molecule is CC[O][Sn+]([O]CC)[O]CC. The Labute approximate surface area is 71.0 Å². The van der Waals surface area contributed by atoms with Crippen molar-refractivity contribution in [3.8, 4) is 0 Å². The van der Waals surface area contributed by atoms with Gasteiger partial charge in [0, 0.05) is 0 Å². The van der Waals surface area contributed by atoms with E-state index in [9.17, 15) is 0 Å². The normalized spacial score (nSPS) is 9.90. The van der Waals surface area contributed by atoms with E-state index in [-0.39, 0.29) is 0 Å². The van der Waals surface area contributed by atoms with E-state index in [4.69, 9.17) is 9.22 Å². The fraction of sp³-hybridized carbons (Fsp3) is 1.00. The summed E-state index contributed by atoms with van der Waals surface area (Å²) in [7, 11) is 0. The first kappa shape index (κ1) is 10.7. The van der Waals surface area contributed by atoms with Gasteiger partial charge >= 0.3 is 70.8 Å². The van der Waals surface area contributed by atoms with Crippen LogP contribution in [0.3, 0.4) is 0 Å². The molecule has 0 unspecified atom stereocenters. The van der Waals surface area contributed by atoms with E-state index in [1.54, 1.807) is 0 Å². The Morgan fingerprint density at radius 3 is 1.30 bits per heavy atom. The zero-order valence-electron chi connectivity index (χ0n) is 6.85. The first-order valence-corrected chi connectivity index (χ1v) is 7.10. The second-order valence-corrected chi connectivity index (χ2v) is 5.45. The molecule has 0 rings (SSSR count). The second kappa shape index (κ2) is 7.78. The Kier molecular flexibility index (Phi) is 8.31. The summed E-state index contributed by atoms with van der Waals surface area (Å²) < 4.78 is 15.8. The van der Waals surface area contributed by atoms with Crippen LogP contribution in [0.25, 0.3) is 0 Å². The molecule has 0 N–H and O–H groups in total. The van der Waals surface area contributed by atoms with E-state index >= 15 is 0 Å². The first-order chi connectivity index (χ1) is 4.85. The van der Waals surface area contributed by atoms with Crippen LogP contribution >= 0.6 is 0 Å². The van der Waals surface area contributed by atoms with Gasteiger partial charge in [0.1, 0.15) is 0 Å². The van der Waals surface area contributed by atoms with Crippen molar-refractivity contribution in [2.45, 2.75) is 20.8 Å². The van der Waals surface area contributed by atoms with Crippen molar-refractivity contribution in [3.05, 3.63) is 0 Å². The standard InChI is InChI=1S/3C2H5O.Sn/c3*1-2-3;/h3*2H2,1H3;/q3*-1;+4. The van der Waals surface area contributed by atoms with Crippen LogP contribution < -0.4 is 0 Å². The van der Waals surface area contributed by atoms with Gasteiger partial charge in [-0.1, -0.05) is 0 Å². The molecule has 0 atom stereocenters. The molecule has 0 radical (unpaired) electrons. The quantitative estimate of drug-likeness (QED) is 0.664. The Balaban J connectivity index is 3.30. The molecular formula is C6H15O3Sn+. The minimum atomic E-state index is -2.26. The van der Waals surface area contributed by atoms with Crippen molar-refractivity contribution < 1.29 is 9.22 Å². The topological polar surface area (TPSA) is 27.7 Å². The molecule has 0 aliphatic carbocycles. The maximum absolute atomic E-state index is 5.28. The Bertz CT molecular complexity index is 55.7. The summed E-state index contributed by atoms with van der Waals surface area (Å²) in [6.07, 6.45) is 0. The Hall–Kier alpha value is 0.679. The molecule has 60 valence electrons. The summed E-state index contributed by atoms with van der Waals surface area (Å²) in [5.74, 6) is 0. The van der Waals surface area contributed by atoms with Gasteiger partial charge in [-0.15, -0.1) is 0 Å². The van der Waals surface area contributed by atoms with Crippen molar-refractivity contribution in [1.29, 1.82) is 0 Å².